The molecule has 0 aliphatic carbocycles. The maximum atomic E-state index is 11.1. The van der Waals surface area contributed by atoms with E-state index >= 15 is 0 Å². The van der Waals surface area contributed by atoms with Crippen molar-refractivity contribution in [2.45, 2.75) is 19.4 Å². The van der Waals surface area contributed by atoms with Crippen molar-refractivity contribution in [1.82, 2.24) is 0 Å². The first-order chi connectivity index (χ1) is 6.68. The summed E-state index contributed by atoms with van der Waals surface area (Å²) in [6, 6.07) is 0. The minimum absolute atomic E-state index is 0.0356. The van der Waals surface area contributed by atoms with Crippen molar-refractivity contribution in [3.63, 3.8) is 0 Å². The number of carbonyl (C=O) groups is 2. The van der Waals surface area contributed by atoms with Crippen LogP contribution in [0.2, 0.25) is 0 Å². The van der Waals surface area contributed by atoms with Gasteiger partial charge >= 0.3 is 5.97 Å². The largest absolute Gasteiger partial charge is 0.494 e. The summed E-state index contributed by atoms with van der Waals surface area (Å²) in [4.78, 5) is 21.7. The summed E-state index contributed by atoms with van der Waals surface area (Å²) >= 11 is 0. The number of hydrogen-bond donors (Lipinski definition) is 0. The summed E-state index contributed by atoms with van der Waals surface area (Å²) in [5.41, 5.74) is 0. The van der Waals surface area contributed by atoms with E-state index in [0.717, 1.165) is 0 Å². The number of ketones is 1. The second kappa shape index (κ2) is 5.21. The number of ether oxygens (including phenoxy) is 2. The Morgan fingerprint density at radius 3 is 3.14 bits per heavy atom. The van der Waals surface area contributed by atoms with Gasteiger partial charge in [0, 0.05) is 6.92 Å². The van der Waals surface area contributed by atoms with E-state index in [1.807, 2.05) is 0 Å². The molecule has 0 fully saturated rings. The summed E-state index contributed by atoms with van der Waals surface area (Å²) in [7, 11) is 0. The number of carbonyl (C=O) groups excluding carboxylic acids is 2. The second-order valence-electron chi connectivity index (χ2n) is 2.92. The van der Waals surface area contributed by atoms with Crippen LogP contribution in [-0.2, 0) is 19.1 Å². The van der Waals surface area contributed by atoms with Crippen molar-refractivity contribution in [3.8, 4) is 0 Å². The molecule has 0 unspecified atom stereocenters. The van der Waals surface area contributed by atoms with Crippen molar-refractivity contribution in [3.05, 3.63) is 24.5 Å². The molecule has 1 aliphatic rings. The summed E-state index contributed by atoms with van der Waals surface area (Å²) < 4.78 is 9.93. The van der Waals surface area contributed by atoms with Gasteiger partial charge in [0.1, 0.15) is 12.7 Å². The van der Waals surface area contributed by atoms with E-state index in [-0.39, 0.29) is 30.9 Å². The van der Waals surface area contributed by atoms with Crippen LogP contribution in [-0.4, -0.2) is 24.5 Å². The fourth-order valence-electron chi connectivity index (χ4n) is 1.01. The summed E-state index contributed by atoms with van der Waals surface area (Å²) in [5, 5.41) is 0. The molecule has 0 amide bonds. The van der Waals surface area contributed by atoms with Crippen LogP contribution in [0.15, 0.2) is 24.5 Å². The zero-order valence-corrected chi connectivity index (χ0v) is 7.93. The zero-order valence-electron chi connectivity index (χ0n) is 7.93. The third-order valence-corrected chi connectivity index (χ3v) is 1.64. The standard InChI is InChI=1S/C10H12O4/c1-8(11)14-7-10-6-9(12)4-2-3-5-13-10/h2-5,10H,6-7H2,1H3/b4-2-,5-3-/t10-/m0/s1. The van der Waals surface area contributed by atoms with Gasteiger partial charge in [-0.1, -0.05) is 6.08 Å². The molecule has 0 aromatic heterocycles. The van der Waals surface area contributed by atoms with E-state index in [1.165, 1.54) is 19.3 Å². The summed E-state index contributed by atoms with van der Waals surface area (Å²) in [6.45, 7) is 1.43. The van der Waals surface area contributed by atoms with E-state index in [4.69, 9.17) is 9.47 Å². The zero-order chi connectivity index (χ0) is 10.4. The quantitative estimate of drug-likeness (QED) is 0.618. The molecule has 0 bridgehead atoms. The Labute approximate surface area is 82.2 Å². The monoisotopic (exact) mass is 196 g/mol. The van der Waals surface area contributed by atoms with Gasteiger partial charge in [-0.2, -0.15) is 0 Å². The minimum atomic E-state index is -0.382. The molecule has 1 rings (SSSR count). The van der Waals surface area contributed by atoms with Gasteiger partial charge in [-0.25, -0.2) is 0 Å². The average Bonchev–Trinajstić information content (AvgIpc) is 2.08. The van der Waals surface area contributed by atoms with Gasteiger partial charge < -0.3 is 9.47 Å². The summed E-state index contributed by atoms with van der Waals surface area (Å²) in [5.74, 6) is -0.408. The average molecular weight is 196 g/mol. The molecule has 0 spiro atoms. The molecule has 0 saturated heterocycles. The van der Waals surface area contributed by atoms with E-state index in [2.05, 4.69) is 0 Å². The van der Waals surface area contributed by atoms with Crippen molar-refractivity contribution < 1.29 is 19.1 Å². The van der Waals surface area contributed by atoms with Crippen molar-refractivity contribution >= 4 is 11.8 Å². The SMILES string of the molecule is CC(=O)OC[C@@H]1CC(=O)/C=C\C=C/O1. The lowest BCUT2D eigenvalue weighted by Crippen LogP contribution is -2.22. The molecule has 0 saturated carbocycles. The lowest BCUT2D eigenvalue weighted by Gasteiger charge is -2.15. The molecule has 1 heterocycles. The van der Waals surface area contributed by atoms with E-state index < -0.39 is 0 Å². The molecule has 4 nitrogen and oxygen atoms in total. The van der Waals surface area contributed by atoms with Gasteiger partial charge in [-0.15, -0.1) is 0 Å². The third kappa shape index (κ3) is 3.89. The van der Waals surface area contributed by atoms with Crippen LogP contribution in [0, 0.1) is 0 Å². The van der Waals surface area contributed by atoms with Crippen LogP contribution in [0.4, 0.5) is 0 Å². The predicted molar refractivity (Wildman–Crippen MR) is 49.4 cm³/mol. The first kappa shape index (κ1) is 10.5. The Balaban J connectivity index is 2.45. The normalized spacial score (nSPS) is 25.5. The molecule has 4 heteroatoms. The second-order valence-corrected chi connectivity index (χ2v) is 2.92. The molecule has 76 valence electrons. The number of rotatable bonds is 2. The van der Waals surface area contributed by atoms with Crippen LogP contribution < -0.4 is 0 Å². The van der Waals surface area contributed by atoms with Crippen LogP contribution >= 0.6 is 0 Å². The molecular formula is C10H12O4. The molecule has 0 N–H and O–H groups in total. The number of hydrogen-bond acceptors (Lipinski definition) is 4. The van der Waals surface area contributed by atoms with Crippen LogP contribution in [0.3, 0.4) is 0 Å². The molecular weight excluding hydrogens is 184 g/mol. The fraction of sp³-hybridized carbons (Fsp3) is 0.400. The number of allylic oxidation sites excluding steroid dienone is 3. The van der Waals surface area contributed by atoms with Crippen molar-refractivity contribution in [2.75, 3.05) is 6.61 Å². The summed E-state index contributed by atoms with van der Waals surface area (Å²) in [6.07, 6.45) is 6.04. The van der Waals surface area contributed by atoms with Crippen LogP contribution in [0.25, 0.3) is 0 Å². The highest BCUT2D eigenvalue weighted by atomic mass is 16.6. The Bertz CT molecular complexity index is 278. The lowest BCUT2D eigenvalue weighted by molar-refractivity contribution is -0.144. The Kier molecular flexibility index (Phi) is 3.91. The van der Waals surface area contributed by atoms with Gasteiger partial charge in [-0.05, 0) is 12.2 Å². The number of esters is 1. The highest BCUT2D eigenvalue weighted by Gasteiger charge is 2.14. The van der Waals surface area contributed by atoms with E-state index in [9.17, 15) is 9.59 Å². The maximum Gasteiger partial charge on any atom is 0.302 e. The molecule has 14 heavy (non-hydrogen) atoms. The van der Waals surface area contributed by atoms with E-state index in [1.54, 1.807) is 12.2 Å². The van der Waals surface area contributed by atoms with Crippen LogP contribution in [0.5, 0.6) is 0 Å². The molecule has 0 aromatic rings. The van der Waals surface area contributed by atoms with Gasteiger partial charge in [0.05, 0.1) is 12.7 Å². The highest BCUT2D eigenvalue weighted by molar-refractivity contribution is 5.90. The van der Waals surface area contributed by atoms with Crippen LogP contribution in [0.1, 0.15) is 13.3 Å². The van der Waals surface area contributed by atoms with Gasteiger partial charge in [0.15, 0.2) is 5.78 Å². The minimum Gasteiger partial charge on any atom is -0.494 e. The molecule has 1 aliphatic heterocycles. The molecule has 0 aromatic carbocycles. The Morgan fingerprint density at radius 1 is 1.64 bits per heavy atom. The highest BCUT2D eigenvalue weighted by Crippen LogP contribution is 2.05. The molecule has 1 atom stereocenters. The van der Waals surface area contributed by atoms with Crippen molar-refractivity contribution in [2.24, 2.45) is 0 Å². The van der Waals surface area contributed by atoms with E-state index in [0.29, 0.717) is 0 Å². The van der Waals surface area contributed by atoms with Crippen molar-refractivity contribution in [1.29, 1.82) is 0 Å². The topological polar surface area (TPSA) is 52.6 Å². The van der Waals surface area contributed by atoms with Gasteiger partial charge in [0.25, 0.3) is 0 Å². The lowest BCUT2D eigenvalue weighted by atomic mass is 10.1. The maximum absolute atomic E-state index is 11.1. The Morgan fingerprint density at radius 2 is 2.43 bits per heavy atom. The first-order valence-corrected chi connectivity index (χ1v) is 4.33. The fourth-order valence-corrected chi connectivity index (χ4v) is 1.01. The molecule has 0 radical (unpaired) electrons. The van der Waals surface area contributed by atoms with Gasteiger partial charge in [0.2, 0.25) is 0 Å². The first-order valence-electron chi connectivity index (χ1n) is 4.33. The van der Waals surface area contributed by atoms with Gasteiger partial charge in [-0.3, -0.25) is 9.59 Å². The Hall–Kier alpha value is -1.58. The smallest absolute Gasteiger partial charge is 0.302 e. The predicted octanol–water partition coefficient (Wildman–Crippen LogP) is 0.977. The third-order valence-electron chi connectivity index (χ3n) is 1.64.